The minimum Gasteiger partial charge on any atom is -1.00 e. The fourth-order valence-electron chi connectivity index (χ4n) is 0.815. The van der Waals surface area contributed by atoms with E-state index in [9.17, 15) is 0 Å². The van der Waals surface area contributed by atoms with Gasteiger partial charge in [-0.15, -0.1) is 0 Å². The Morgan fingerprint density at radius 1 is 1.33 bits per heavy atom. The van der Waals surface area contributed by atoms with Crippen molar-refractivity contribution >= 4 is 0 Å². The zero-order valence-electron chi connectivity index (χ0n) is 6.42. The molecule has 0 aromatic heterocycles. The number of hydrogen-bond acceptors (Lipinski definition) is 3. The molecule has 0 fully saturated rings. The fraction of sp³-hybridized carbons (Fsp3) is 0.125. The minimum atomic E-state index is 0. The molecule has 0 bridgehead atoms. The first-order chi connectivity index (χ1) is 5.36. The van der Waals surface area contributed by atoms with Gasteiger partial charge in [-0.2, -0.15) is 5.26 Å². The smallest absolute Gasteiger partial charge is 0.0991 e. The largest absolute Gasteiger partial charge is 1.00 e. The van der Waals surface area contributed by atoms with Gasteiger partial charge in [0.1, 0.15) is 0 Å². The van der Waals surface area contributed by atoms with E-state index in [1.165, 1.54) is 0 Å². The predicted octanol–water partition coefficient (Wildman–Crippen LogP) is -2.47. The van der Waals surface area contributed by atoms with E-state index in [1.54, 1.807) is 12.1 Å². The van der Waals surface area contributed by atoms with Crippen LogP contribution in [0.15, 0.2) is 24.3 Å². The molecule has 0 amide bonds. The quantitative estimate of drug-likeness (QED) is 0.394. The molecule has 0 saturated carbocycles. The van der Waals surface area contributed by atoms with Crippen LogP contribution in [0.2, 0.25) is 0 Å². The lowest BCUT2D eigenvalue weighted by Crippen LogP contribution is -3.00. The first-order valence-electron chi connectivity index (χ1n) is 3.29. The summed E-state index contributed by atoms with van der Waals surface area (Å²) in [6.45, 7) is 0.631. The van der Waals surface area contributed by atoms with Crippen LogP contribution in [0.4, 0.5) is 0 Å². The monoisotopic (exact) mass is 182 g/mol. The molecule has 0 aliphatic carbocycles. The Morgan fingerprint density at radius 3 is 2.33 bits per heavy atom. The molecular formula is C8H9ClN3-. The maximum atomic E-state index is 8.47. The second-order valence-corrected chi connectivity index (χ2v) is 2.19. The third-order valence-corrected chi connectivity index (χ3v) is 1.39. The average Bonchev–Trinajstić information content (AvgIpc) is 2.07. The van der Waals surface area contributed by atoms with Gasteiger partial charge in [0.15, 0.2) is 0 Å². The molecular weight excluding hydrogens is 174 g/mol. The standard InChI is InChI=1S/C8H9N3.ClH/c9-5-7-1-3-8(4-2-7)6-11-10;/h1-4,11H,6,10H2;1H/p-1. The summed E-state index contributed by atoms with van der Waals surface area (Å²) >= 11 is 0. The Labute approximate surface area is 77.6 Å². The van der Waals surface area contributed by atoms with Crippen LogP contribution in [0.3, 0.4) is 0 Å². The lowest BCUT2D eigenvalue weighted by Gasteiger charge is -1.97. The highest BCUT2D eigenvalue weighted by Gasteiger charge is 1.90. The van der Waals surface area contributed by atoms with E-state index in [2.05, 4.69) is 5.43 Å². The number of rotatable bonds is 2. The third kappa shape index (κ3) is 2.89. The summed E-state index contributed by atoms with van der Waals surface area (Å²) < 4.78 is 0. The van der Waals surface area contributed by atoms with Crippen molar-refractivity contribution < 1.29 is 12.4 Å². The Morgan fingerprint density at radius 2 is 1.92 bits per heavy atom. The minimum absolute atomic E-state index is 0. The lowest BCUT2D eigenvalue weighted by molar-refractivity contribution is -0.00000260. The molecule has 1 rings (SSSR count). The molecule has 0 radical (unpaired) electrons. The van der Waals surface area contributed by atoms with E-state index < -0.39 is 0 Å². The van der Waals surface area contributed by atoms with Crippen LogP contribution in [-0.4, -0.2) is 0 Å². The number of nitrogens with one attached hydrogen (secondary N) is 1. The summed E-state index contributed by atoms with van der Waals surface area (Å²) in [5.74, 6) is 5.12. The Balaban J connectivity index is 0.00000121. The van der Waals surface area contributed by atoms with Crippen LogP contribution in [0.25, 0.3) is 0 Å². The number of nitriles is 1. The van der Waals surface area contributed by atoms with E-state index in [0.29, 0.717) is 12.1 Å². The van der Waals surface area contributed by atoms with E-state index >= 15 is 0 Å². The van der Waals surface area contributed by atoms with Crippen molar-refractivity contribution in [2.75, 3.05) is 0 Å². The second-order valence-electron chi connectivity index (χ2n) is 2.19. The van der Waals surface area contributed by atoms with Gasteiger partial charge >= 0.3 is 0 Å². The topological polar surface area (TPSA) is 61.8 Å². The van der Waals surface area contributed by atoms with Crippen molar-refractivity contribution in [3.8, 4) is 6.07 Å². The highest BCUT2D eigenvalue weighted by atomic mass is 35.5. The number of nitrogens with zero attached hydrogens (tertiary/aromatic N) is 1. The molecule has 1 aromatic carbocycles. The molecule has 64 valence electrons. The van der Waals surface area contributed by atoms with Crippen LogP contribution >= 0.6 is 0 Å². The van der Waals surface area contributed by atoms with Crippen LogP contribution in [0, 0.1) is 11.3 Å². The Hall–Kier alpha value is -1.08. The molecule has 0 unspecified atom stereocenters. The lowest BCUT2D eigenvalue weighted by atomic mass is 10.1. The first-order valence-corrected chi connectivity index (χ1v) is 3.29. The molecule has 0 atom stereocenters. The summed E-state index contributed by atoms with van der Waals surface area (Å²) in [6.07, 6.45) is 0. The maximum absolute atomic E-state index is 8.47. The van der Waals surface area contributed by atoms with Gasteiger partial charge in [0, 0.05) is 6.54 Å². The zero-order chi connectivity index (χ0) is 8.10. The van der Waals surface area contributed by atoms with Crippen molar-refractivity contribution in [2.24, 2.45) is 5.84 Å². The molecule has 4 heteroatoms. The fourth-order valence-corrected chi connectivity index (χ4v) is 0.815. The summed E-state index contributed by atoms with van der Waals surface area (Å²) in [7, 11) is 0. The zero-order valence-corrected chi connectivity index (χ0v) is 7.17. The Bertz CT molecular complexity index is 263. The molecule has 0 saturated heterocycles. The van der Waals surface area contributed by atoms with Gasteiger partial charge in [0.25, 0.3) is 0 Å². The second kappa shape index (κ2) is 5.56. The van der Waals surface area contributed by atoms with Crippen molar-refractivity contribution in [1.82, 2.24) is 5.43 Å². The van der Waals surface area contributed by atoms with E-state index in [-0.39, 0.29) is 12.4 Å². The number of hydrazine groups is 1. The normalized spacial score (nSPS) is 8.33. The third-order valence-electron chi connectivity index (χ3n) is 1.39. The van der Waals surface area contributed by atoms with Gasteiger partial charge < -0.3 is 12.4 Å². The molecule has 0 aliphatic rings. The van der Waals surface area contributed by atoms with E-state index in [4.69, 9.17) is 11.1 Å². The number of hydrogen-bond donors (Lipinski definition) is 2. The van der Waals surface area contributed by atoms with Gasteiger partial charge in [-0.3, -0.25) is 11.3 Å². The van der Waals surface area contributed by atoms with Crippen molar-refractivity contribution in [1.29, 1.82) is 5.26 Å². The molecule has 0 aliphatic heterocycles. The highest BCUT2D eigenvalue weighted by molar-refractivity contribution is 5.31. The molecule has 0 heterocycles. The summed E-state index contributed by atoms with van der Waals surface area (Å²) in [6, 6.07) is 9.33. The van der Waals surface area contributed by atoms with Crippen LogP contribution in [-0.2, 0) is 6.54 Å². The van der Waals surface area contributed by atoms with Gasteiger partial charge in [0.05, 0.1) is 11.6 Å². The molecule has 3 nitrogen and oxygen atoms in total. The summed E-state index contributed by atoms with van der Waals surface area (Å²) in [5, 5.41) is 8.47. The van der Waals surface area contributed by atoms with Crippen molar-refractivity contribution in [3.63, 3.8) is 0 Å². The number of benzene rings is 1. The number of halogens is 1. The van der Waals surface area contributed by atoms with Crippen LogP contribution in [0.1, 0.15) is 11.1 Å². The van der Waals surface area contributed by atoms with Crippen LogP contribution < -0.4 is 23.7 Å². The van der Waals surface area contributed by atoms with Crippen molar-refractivity contribution in [2.45, 2.75) is 6.54 Å². The predicted molar refractivity (Wildman–Crippen MR) is 42.2 cm³/mol. The van der Waals surface area contributed by atoms with Crippen molar-refractivity contribution in [3.05, 3.63) is 35.4 Å². The van der Waals surface area contributed by atoms with E-state index in [1.807, 2.05) is 18.2 Å². The molecule has 12 heavy (non-hydrogen) atoms. The molecule has 0 spiro atoms. The first kappa shape index (κ1) is 10.9. The van der Waals surface area contributed by atoms with Crippen LogP contribution in [0.5, 0.6) is 0 Å². The van der Waals surface area contributed by atoms with E-state index in [0.717, 1.165) is 5.56 Å². The van der Waals surface area contributed by atoms with Gasteiger partial charge in [0.2, 0.25) is 0 Å². The average molecular weight is 183 g/mol. The SMILES string of the molecule is N#Cc1ccc(CNN)cc1.[Cl-]. The summed E-state index contributed by atoms with van der Waals surface area (Å²) in [5.41, 5.74) is 4.29. The van der Waals surface area contributed by atoms with Gasteiger partial charge in [-0.1, -0.05) is 12.1 Å². The van der Waals surface area contributed by atoms with Gasteiger partial charge in [-0.25, -0.2) is 0 Å². The number of nitrogens with two attached hydrogens (primary N) is 1. The van der Waals surface area contributed by atoms with Gasteiger partial charge in [-0.05, 0) is 17.7 Å². The maximum Gasteiger partial charge on any atom is 0.0991 e. The molecule has 1 aromatic rings. The highest BCUT2D eigenvalue weighted by Crippen LogP contribution is 2.01. The Kier molecular flexibility index (Phi) is 5.06. The summed E-state index contributed by atoms with van der Waals surface area (Å²) in [4.78, 5) is 0. The molecule has 3 N–H and O–H groups in total.